The number of nitrogens with zero attached hydrogens (tertiary/aromatic N) is 3. The minimum absolute atomic E-state index is 0.319. The van der Waals surface area contributed by atoms with Gasteiger partial charge in [0.2, 0.25) is 0 Å². The molecule has 0 aliphatic rings. The van der Waals surface area contributed by atoms with Crippen molar-refractivity contribution in [2.24, 2.45) is 0 Å². The van der Waals surface area contributed by atoms with Crippen LogP contribution in [0, 0.1) is 5.82 Å². The Morgan fingerprint density at radius 3 is 2.67 bits per heavy atom. The summed E-state index contributed by atoms with van der Waals surface area (Å²) >= 11 is 6.01. The van der Waals surface area contributed by atoms with Crippen molar-refractivity contribution in [3.8, 4) is 11.3 Å². The van der Waals surface area contributed by atoms with Gasteiger partial charge in [-0.15, -0.1) is 0 Å². The molecule has 0 spiro atoms. The molecule has 0 fully saturated rings. The molecule has 2 aromatic heterocycles. The van der Waals surface area contributed by atoms with Crippen molar-refractivity contribution >= 4 is 34.2 Å². The van der Waals surface area contributed by atoms with Crippen LogP contribution in [0.1, 0.15) is 0 Å². The lowest BCUT2D eigenvalue weighted by Crippen LogP contribution is -1.95. The Bertz CT molecular complexity index is 1020. The molecule has 0 atom stereocenters. The van der Waals surface area contributed by atoms with Crippen molar-refractivity contribution < 1.29 is 8.91 Å². The van der Waals surface area contributed by atoms with Gasteiger partial charge < -0.3 is 9.84 Å². The molecular weight excluding hydrogens is 331 g/mol. The van der Waals surface area contributed by atoms with E-state index in [4.69, 9.17) is 16.1 Å². The van der Waals surface area contributed by atoms with Gasteiger partial charge in [0, 0.05) is 16.3 Å². The summed E-state index contributed by atoms with van der Waals surface area (Å²) in [6.07, 6.45) is 1.38. The average Bonchev–Trinajstić information content (AvgIpc) is 3.01. The zero-order valence-corrected chi connectivity index (χ0v) is 13.0. The summed E-state index contributed by atoms with van der Waals surface area (Å²) in [5.74, 6) is 0.211. The minimum atomic E-state index is -0.319. The molecule has 7 heteroatoms. The van der Waals surface area contributed by atoms with Gasteiger partial charge in [-0.25, -0.2) is 9.37 Å². The number of nitrogens with one attached hydrogen (secondary N) is 1. The Kier molecular flexibility index (Phi) is 3.59. The predicted octanol–water partition coefficient (Wildman–Crippen LogP) is 4.82. The summed E-state index contributed by atoms with van der Waals surface area (Å²) in [5.41, 5.74) is 2.36. The van der Waals surface area contributed by atoms with E-state index in [-0.39, 0.29) is 5.82 Å². The third-order valence-electron chi connectivity index (χ3n) is 3.48. The summed E-state index contributed by atoms with van der Waals surface area (Å²) in [5, 5.41) is 8.46. The molecule has 0 amide bonds. The van der Waals surface area contributed by atoms with Gasteiger partial charge in [-0.2, -0.15) is 4.98 Å². The van der Waals surface area contributed by atoms with E-state index in [1.165, 1.54) is 18.5 Å². The second kappa shape index (κ2) is 5.90. The van der Waals surface area contributed by atoms with Gasteiger partial charge in [-0.3, -0.25) is 0 Å². The summed E-state index contributed by atoms with van der Waals surface area (Å²) < 4.78 is 18.4. The van der Waals surface area contributed by atoms with E-state index in [1.807, 2.05) is 12.1 Å². The average molecular weight is 341 g/mol. The van der Waals surface area contributed by atoms with Crippen LogP contribution in [0.2, 0.25) is 5.02 Å². The Balaban J connectivity index is 1.84. The fourth-order valence-corrected chi connectivity index (χ4v) is 2.58. The molecule has 24 heavy (non-hydrogen) atoms. The highest BCUT2D eigenvalue weighted by Crippen LogP contribution is 2.32. The molecule has 0 aliphatic heterocycles. The molecule has 2 aromatic carbocycles. The number of aromatic nitrogens is 3. The monoisotopic (exact) mass is 340 g/mol. The van der Waals surface area contributed by atoms with E-state index < -0.39 is 0 Å². The Labute approximate surface area is 141 Å². The van der Waals surface area contributed by atoms with Crippen LogP contribution in [0.5, 0.6) is 0 Å². The molecule has 0 unspecified atom stereocenters. The number of anilines is 2. The van der Waals surface area contributed by atoms with Crippen molar-refractivity contribution in [3.05, 3.63) is 65.7 Å². The zero-order valence-electron chi connectivity index (χ0n) is 12.2. The molecule has 4 rings (SSSR count). The number of fused-ring (bicyclic) bond motifs is 1. The van der Waals surface area contributed by atoms with Crippen LogP contribution in [-0.2, 0) is 0 Å². The van der Waals surface area contributed by atoms with Crippen LogP contribution < -0.4 is 5.32 Å². The van der Waals surface area contributed by atoms with Gasteiger partial charge in [0.1, 0.15) is 29.0 Å². The number of hydrogen-bond acceptors (Lipinski definition) is 5. The fourth-order valence-electron chi connectivity index (χ4n) is 2.39. The van der Waals surface area contributed by atoms with E-state index in [0.717, 1.165) is 5.69 Å². The largest absolute Gasteiger partial charge is 0.339 e. The predicted molar refractivity (Wildman–Crippen MR) is 89.7 cm³/mol. The first-order valence-electron chi connectivity index (χ1n) is 7.09. The lowest BCUT2D eigenvalue weighted by molar-refractivity contribution is 0.451. The normalized spacial score (nSPS) is 10.9. The van der Waals surface area contributed by atoms with Gasteiger partial charge in [0.15, 0.2) is 0 Å². The molecule has 0 saturated heterocycles. The van der Waals surface area contributed by atoms with Crippen LogP contribution in [-0.4, -0.2) is 15.1 Å². The second-order valence-corrected chi connectivity index (χ2v) is 5.51. The van der Waals surface area contributed by atoms with E-state index in [1.54, 1.807) is 24.3 Å². The number of hydrogen-bond donors (Lipinski definition) is 1. The van der Waals surface area contributed by atoms with E-state index in [9.17, 15) is 4.39 Å². The number of rotatable bonds is 3. The van der Waals surface area contributed by atoms with E-state index in [0.29, 0.717) is 33.2 Å². The maximum Gasteiger partial charge on any atom is 0.263 e. The summed E-state index contributed by atoms with van der Waals surface area (Å²) in [6.45, 7) is 0. The van der Waals surface area contributed by atoms with Crippen LogP contribution in [0.4, 0.5) is 15.9 Å². The Hall–Kier alpha value is -2.99. The summed E-state index contributed by atoms with van der Waals surface area (Å²) in [6, 6.07) is 13.2. The number of benzene rings is 2. The molecular formula is C17H10ClFN4O. The van der Waals surface area contributed by atoms with Gasteiger partial charge in [0.05, 0.1) is 0 Å². The van der Waals surface area contributed by atoms with Crippen LogP contribution >= 0.6 is 11.6 Å². The lowest BCUT2D eigenvalue weighted by atomic mass is 10.1. The molecule has 1 N–H and O–H groups in total. The molecule has 4 aromatic rings. The highest BCUT2D eigenvalue weighted by molar-refractivity contribution is 6.30. The zero-order chi connectivity index (χ0) is 16.5. The second-order valence-electron chi connectivity index (χ2n) is 5.08. The van der Waals surface area contributed by atoms with Crippen molar-refractivity contribution in [3.63, 3.8) is 0 Å². The molecule has 0 bridgehead atoms. The van der Waals surface area contributed by atoms with E-state index in [2.05, 4.69) is 20.4 Å². The van der Waals surface area contributed by atoms with Crippen molar-refractivity contribution in [2.45, 2.75) is 0 Å². The third kappa shape index (κ3) is 2.68. The Morgan fingerprint density at radius 1 is 1.04 bits per heavy atom. The van der Waals surface area contributed by atoms with Gasteiger partial charge >= 0.3 is 0 Å². The first-order chi connectivity index (χ1) is 11.7. The van der Waals surface area contributed by atoms with Crippen molar-refractivity contribution in [1.29, 1.82) is 0 Å². The highest BCUT2D eigenvalue weighted by atomic mass is 35.5. The molecule has 0 aliphatic carbocycles. The molecule has 2 heterocycles. The van der Waals surface area contributed by atoms with Crippen LogP contribution in [0.3, 0.4) is 0 Å². The summed E-state index contributed by atoms with van der Waals surface area (Å²) in [4.78, 5) is 8.35. The topological polar surface area (TPSA) is 63.8 Å². The minimum Gasteiger partial charge on any atom is -0.339 e. The first-order valence-corrected chi connectivity index (χ1v) is 7.47. The van der Waals surface area contributed by atoms with Gasteiger partial charge in [-0.1, -0.05) is 22.8 Å². The number of halogens is 2. The molecule has 0 radical (unpaired) electrons. The lowest BCUT2D eigenvalue weighted by Gasteiger charge is -2.07. The SMILES string of the molecule is Fc1ccc(-c2noc3ncnc(Nc4cccc(Cl)c4)c23)cc1. The smallest absolute Gasteiger partial charge is 0.263 e. The van der Waals surface area contributed by atoms with Crippen molar-refractivity contribution in [1.82, 2.24) is 15.1 Å². The third-order valence-corrected chi connectivity index (χ3v) is 3.71. The fraction of sp³-hybridized carbons (Fsp3) is 0. The molecule has 118 valence electrons. The Morgan fingerprint density at radius 2 is 1.88 bits per heavy atom. The standard InChI is InChI=1S/C17H10ClFN4O/c18-11-2-1-3-13(8-11)22-16-14-15(10-4-6-12(19)7-5-10)23-24-17(14)21-9-20-16/h1-9H,(H,20,21,22). The van der Waals surface area contributed by atoms with Gasteiger partial charge in [0.25, 0.3) is 5.71 Å². The molecule has 0 saturated carbocycles. The van der Waals surface area contributed by atoms with Gasteiger partial charge in [-0.05, 0) is 42.5 Å². The first kappa shape index (κ1) is 14.6. The van der Waals surface area contributed by atoms with Crippen LogP contribution in [0.25, 0.3) is 22.4 Å². The van der Waals surface area contributed by atoms with E-state index >= 15 is 0 Å². The maximum atomic E-state index is 13.2. The highest BCUT2D eigenvalue weighted by Gasteiger charge is 2.17. The maximum absolute atomic E-state index is 13.2. The van der Waals surface area contributed by atoms with Crippen LogP contribution in [0.15, 0.2) is 59.4 Å². The quantitative estimate of drug-likeness (QED) is 0.579. The molecule has 5 nitrogen and oxygen atoms in total. The van der Waals surface area contributed by atoms with Crippen molar-refractivity contribution in [2.75, 3.05) is 5.32 Å². The summed E-state index contributed by atoms with van der Waals surface area (Å²) in [7, 11) is 0.